The maximum atomic E-state index is 3.49. The molecule has 14 heavy (non-hydrogen) atoms. The van der Waals surface area contributed by atoms with Crippen molar-refractivity contribution < 1.29 is 4.57 Å². The second-order valence-electron chi connectivity index (χ2n) is 5.05. The van der Waals surface area contributed by atoms with E-state index in [-0.39, 0.29) is 5.54 Å². The Morgan fingerprint density at radius 1 is 1.43 bits per heavy atom. The van der Waals surface area contributed by atoms with Crippen molar-refractivity contribution in [2.45, 2.75) is 45.3 Å². The van der Waals surface area contributed by atoms with Crippen LogP contribution in [0.4, 0.5) is 0 Å². The molecule has 1 saturated heterocycles. The normalized spacial score (nSPS) is 22.9. The number of hydrogen-bond donors (Lipinski definition) is 1. The van der Waals surface area contributed by atoms with Crippen molar-refractivity contribution in [2.75, 3.05) is 6.54 Å². The van der Waals surface area contributed by atoms with Crippen LogP contribution in [0.2, 0.25) is 0 Å². The van der Waals surface area contributed by atoms with Crippen molar-refractivity contribution in [3.8, 4) is 0 Å². The first-order valence-corrected chi connectivity index (χ1v) is 5.40. The van der Waals surface area contributed by atoms with Gasteiger partial charge in [-0.25, -0.2) is 9.13 Å². The zero-order valence-corrected chi connectivity index (χ0v) is 9.33. The predicted octanol–water partition coefficient (Wildman–Crippen LogP) is 1.41. The monoisotopic (exact) mass is 194 g/mol. The Morgan fingerprint density at radius 2 is 2.21 bits per heavy atom. The van der Waals surface area contributed by atoms with Crippen LogP contribution < -0.4 is 9.88 Å². The second kappa shape index (κ2) is 3.39. The van der Waals surface area contributed by atoms with Crippen molar-refractivity contribution in [3.05, 3.63) is 18.7 Å². The predicted molar refractivity (Wildman–Crippen MR) is 55.9 cm³/mol. The standard InChI is InChI=1S/C11H20N3/c1-11(2,3)14-8-7-13(9-14)10-5-4-6-12-10/h7-10,12H,4-6H2,1-3H3/q+1. The molecule has 0 saturated carbocycles. The molecule has 1 unspecified atom stereocenters. The summed E-state index contributed by atoms with van der Waals surface area (Å²) < 4.78 is 4.53. The molecule has 0 bridgehead atoms. The lowest BCUT2D eigenvalue weighted by Crippen LogP contribution is -2.48. The van der Waals surface area contributed by atoms with E-state index < -0.39 is 0 Å². The van der Waals surface area contributed by atoms with Gasteiger partial charge in [-0.2, -0.15) is 0 Å². The quantitative estimate of drug-likeness (QED) is 0.670. The van der Waals surface area contributed by atoms with Gasteiger partial charge >= 0.3 is 0 Å². The molecule has 0 radical (unpaired) electrons. The summed E-state index contributed by atoms with van der Waals surface area (Å²) in [7, 11) is 0. The van der Waals surface area contributed by atoms with E-state index in [1.807, 2.05) is 0 Å². The highest BCUT2D eigenvalue weighted by Gasteiger charge is 2.24. The summed E-state index contributed by atoms with van der Waals surface area (Å²) in [4.78, 5) is 0. The summed E-state index contributed by atoms with van der Waals surface area (Å²) >= 11 is 0. The molecular formula is C11H20N3+. The summed E-state index contributed by atoms with van der Waals surface area (Å²) in [5.41, 5.74) is 0.184. The van der Waals surface area contributed by atoms with Gasteiger partial charge in [-0.3, -0.25) is 5.32 Å². The zero-order chi connectivity index (χ0) is 10.2. The lowest BCUT2D eigenvalue weighted by molar-refractivity contribution is -0.753. The van der Waals surface area contributed by atoms with Crippen LogP contribution in [0.1, 0.15) is 39.8 Å². The third kappa shape index (κ3) is 1.82. The lowest BCUT2D eigenvalue weighted by atomic mass is 10.1. The van der Waals surface area contributed by atoms with Crippen LogP contribution in [-0.2, 0) is 5.54 Å². The highest BCUT2D eigenvalue weighted by molar-refractivity contribution is 4.78. The zero-order valence-electron chi connectivity index (χ0n) is 9.33. The third-order valence-electron chi connectivity index (χ3n) is 2.83. The van der Waals surface area contributed by atoms with E-state index in [9.17, 15) is 0 Å². The van der Waals surface area contributed by atoms with E-state index in [1.54, 1.807) is 0 Å². The molecule has 1 aromatic rings. The number of hydrogen-bond acceptors (Lipinski definition) is 1. The molecule has 3 heteroatoms. The van der Waals surface area contributed by atoms with E-state index in [2.05, 4.69) is 53.9 Å². The molecule has 1 aliphatic rings. The SMILES string of the molecule is CC(C)(C)[n+]1ccn(C2CCCN2)c1. The van der Waals surface area contributed by atoms with Crippen molar-refractivity contribution in [1.29, 1.82) is 0 Å². The summed E-state index contributed by atoms with van der Waals surface area (Å²) in [6.07, 6.45) is 9.56. The van der Waals surface area contributed by atoms with Crippen molar-refractivity contribution in [3.63, 3.8) is 0 Å². The molecule has 1 N–H and O–H groups in total. The smallest absolute Gasteiger partial charge is 0.245 e. The molecule has 2 rings (SSSR count). The first-order chi connectivity index (χ1) is 6.57. The molecule has 0 spiro atoms. The van der Waals surface area contributed by atoms with Gasteiger partial charge in [0, 0.05) is 6.42 Å². The number of nitrogens with zero attached hydrogens (tertiary/aromatic N) is 2. The first-order valence-electron chi connectivity index (χ1n) is 5.40. The largest absolute Gasteiger partial charge is 0.279 e. The minimum atomic E-state index is 0.184. The Bertz CT molecular complexity index is 303. The van der Waals surface area contributed by atoms with Crippen LogP contribution >= 0.6 is 0 Å². The van der Waals surface area contributed by atoms with Crippen LogP contribution in [0.3, 0.4) is 0 Å². The highest BCUT2D eigenvalue weighted by Crippen LogP contribution is 2.15. The fourth-order valence-electron chi connectivity index (χ4n) is 1.87. The fourth-order valence-corrected chi connectivity index (χ4v) is 1.87. The second-order valence-corrected chi connectivity index (χ2v) is 5.05. The molecule has 2 heterocycles. The molecule has 3 nitrogen and oxygen atoms in total. The first kappa shape index (κ1) is 9.71. The van der Waals surface area contributed by atoms with E-state index in [0.717, 1.165) is 6.54 Å². The van der Waals surface area contributed by atoms with Gasteiger partial charge in [0.2, 0.25) is 6.33 Å². The maximum Gasteiger partial charge on any atom is 0.245 e. The lowest BCUT2D eigenvalue weighted by Gasteiger charge is -2.13. The number of imidazole rings is 1. The average molecular weight is 194 g/mol. The van der Waals surface area contributed by atoms with Gasteiger partial charge in [-0.1, -0.05) is 0 Å². The van der Waals surface area contributed by atoms with Crippen LogP contribution in [0.25, 0.3) is 0 Å². The van der Waals surface area contributed by atoms with Crippen LogP contribution in [0, 0.1) is 0 Å². The maximum absolute atomic E-state index is 3.49. The van der Waals surface area contributed by atoms with Crippen molar-refractivity contribution in [1.82, 2.24) is 9.88 Å². The summed E-state index contributed by atoms with van der Waals surface area (Å²) in [6, 6.07) is 0. The molecule has 1 atom stereocenters. The minimum Gasteiger partial charge on any atom is -0.279 e. The summed E-state index contributed by atoms with van der Waals surface area (Å²) in [5, 5.41) is 3.49. The number of aromatic nitrogens is 2. The topological polar surface area (TPSA) is 20.8 Å². The molecule has 0 aromatic carbocycles. The molecule has 78 valence electrons. The van der Waals surface area contributed by atoms with Gasteiger partial charge in [0.1, 0.15) is 17.9 Å². The van der Waals surface area contributed by atoms with E-state index in [0.29, 0.717) is 6.17 Å². The summed E-state index contributed by atoms with van der Waals surface area (Å²) in [5.74, 6) is 0. The Labute approximate surface area is 85.7 Å². The minimum absolute atomic E-state index is 0.184. The molecule has 0 amide bonds. The van der Waals surface area contributed by atoms with Crippen molar-refractivity contribution >= 4 is 0 Å². The molecule has 1 aromatic heterocycles. The Balaban J connectivity index is 2.17. The van der Waals surface area contributed by atoms with E-state index in [4.69, 9.17) is 0 Å². The molecular weight excluding hydrogens is 174 g/mol. The molecule has 1 fully saturated rings. The van der Waals surface area contributed by atoms with Crippen LogP contribution in [0.5, 0.6) is 0 Å². The van der Waals surface area contributed by atoms with E-state index >= 15 is 0 Å². The van der Waals surface area contributed by atoms with Gasteiger partial charge in [-0.15, -0.1) is 0 Å². The highest BCUT2D eigenvalue weighted by atomic mass is 15.2. The Kier molecular flexibility index (Phi) is 2.35. The Hall–Kier alpha value is -0.830. The number of rotatable bonds is 1. The van der Waals surface area contributed by atoms with E-state index in [1.165, 1.54) is 12.8 Å². The van der Waals surface area contributed by atoms with Gasteiger partial charge in [-0.05, 0) is 33.7 Å². The van der Waals surface area contributed by atoms with Gasteiger partial charge < -0.3 is 0 Å². The van der Waals surface area contributed by atoms with Crippen LogP contribution in [-0.4, -0.2) is 11.1 Å². The average Bonchev–Trinajstić information content (AvgIpc) is 2.73. The van der Waals surface area contributed by atoms with Crippen molar-refractivity contribution in [2.24, 2.45) is 0 Å². The summed E-state index contributed by atoms with van der Waals surface area (Å²) in [6.45, 7) is 7.82. The molecule has 0 aliphatic carbocycles. The van der Waals surface area contributed by atoms with Gasteiger partial charge in [0.25, 0.3) is 0 Å². The molecule has 1 aliphatic heterocycles. The third-order valence-corrected chi connectivity index (χ3v) is 2.83. The van der Waals surface area contributed by atoms with Gasteiger partial charge in [0.05, 0.1) is 0 Å². The van der Waals surface area contributed by atoms with Crippen LogP contribution in [0.15, 0.2) is 18.7 Å². The number of nitrogens with one attached hydrogen (secondary N) is 1. The Morgan fingerprint density at radius 3 is 2.71 bits per heavy atom. The fraction of sp³-hybridized carbons (Fsp3) is 0.727. The van der Waals surface area contributed by atoms with Gasteiger partial charge in [0.15, 0.2) is 6.17 Å².